The van der Waals surface area contributed by atoms with Crippen LogP contribution in [0.15, 0.2) is 0 Å². The molecule has 0 aromatic heterocycles. The van der Waals surface area contributed by atoms with E-state index in [0.29, 0.717) is 33.0 Å². The first-order valence-electron chi connectivity index (χ1n) is 7.59. The normalized spacial score (nSPS) is 10.8. The third kappa shape index (κ3) is 18.5. The van der Waals surface area contributed by atoms with Crippen molar-refractivity contribution in [3.05, 3.63) is 0 Å². The fraction of sp³-hybridized carbons (Fsp3) is 0.812. The maximum atomic E-state index is 11.9. The van der Waals surface area contributed by atoms with Crippen LogP contribution in [0.3, 0.4) is 0 Å². The molecule has 0 spiro atoms. The summed E-state index contributed by atoms with van der Waals surface area (Å²) in [6.45, 7) is 3.90. The van der Waals surface area contributed by atoms with Crippen molar-refractivity contribution in [2.24, 2.45) is 5.73 Å². The molecule has 9 nitrogen and oxygen atoms in total. The molecule has 1 atom stereocenters. The summed E-state index contributed by atoms with van der Waals surface area (Å²) < 4.78 is 10.5. The molecule has 0 aromatic carbocycles. The Morgan fingerprint density at radius 2 is 1.68 bits per heavy atom. The van der Waals surface area contributed by atoms with E-state index in [0.717, 1.165) is 6.42 Å². The predicted molar refractivity (Wildman–Crippen MR) is 96.3 cm³/mol. The number of carbonyl (C=O) groups excluding carboxylic acids is 2. The molecule has 0 aliphatic carbocycles. The van der Waals surface area contributed by atoms with E-state index in [9.17, 15) is 14.4 Å². The molecule has 0 radical (unpaired) electrons. The van der Waals surface area contributed by atoms with Crippen LogP contribution in [0, 0.1) is 0 Å². The number of hydrogen-bond acceptors (Lipinski definition) is 6. The summed E-state index contributed by atoms with van der Waals surface area (Å²) in [6.07, 6.45) is 0.641. The number of carbonyl (C=O) groups is 3. The molecular weight excluding hydrogens is 330 g/mol. The largest absolute Gasteiger partial charge is 0.481 e. The van der Waals surface area contributed by atoms with Gasteiger partial charge in [-0.3, -0.25) is 14.4 Å². The molecule has 9 heteroatoms. The molecule has 25 heavy (non-hydrogen) atoms. The van der Waals surface area contributed by atoms with Gasteiger partial charge in [-0.05, 0) is 19.4 Å². The molecule has 5 N–H and O–H groups in total. The third-order valence-corrected chi connectivity index (χ3v) is 2.75. The van der Waals surface area contributed by atoms with Gasteiger partial charge in [0.15, 0.2) is 0 Å². The zero-order valence-corrected chi connectivity index (χ0v) is 13.5. The average molecular weight is 365 g/mol. The lowest BCUT2D eigenvalue weighted by Crippen LogP contribution is -2.47. The van der Waals surface area contributed by atoms with Gasteiger partial charge in [0, 0.05) is 26.5 Å². The van der Waals surface area contributed by atoms with Gasteiger partial charge in [0.1, 0.15) is 6.04 Å². The van der Waals surface area contributed by atoms with Gasteiger partial charge in [0.2, 0.25) is 11.8 Å². The number of amides is 2. The Morgan fingerprint density at radius 1 is 1.08 bits per heavy atom. The first kappa shape index (κ1) is 28.1. The molecule has 2 amide bonds. The summed E-state index contributed by atoms with van der Waals surface area (Å²) in [6, 6.07) is -0.858. The Balaban J connectivity index is -0.00000242. The van der Waals surface area contributed by atoms with Crippen molar-refractivity contribution in [1.29, 1.82) is 0 Å². The van der Waals surface area contributed by atoms with Gasteiger partial charge in [0.05, 0.1) is 19.8 Å². The summed E-state index contributed by atoms with van der Waals surface area (Å²) in [5.41, 5.74) is 5.32. The minimum atomic E-state index is -1.02. The monoisotopic (exact) mass is 365 g/mol. The topological polar surface area (TPSA) is 140 Å². The first-order chi connectivity index (χ1) is 11.0. The van der Waals surface area contributed by atoms with Crippen LogP contribution in [0.5, 0.6) is 0 Å². The van der Waals surface area contributed by atoms with Gasteiger partial charge in [-0.15, -0.1) is 0 Å². The van der Waals surface area contributed by atoms with Gasteiger partial charge >= 0.3 is 5.97 Å². The molecule has 0 saturated carbocycles. The van der Waals surface area contributed by atoms with Crippen LogP contribution in [0.1, 0.15) is 41.0 Å². The van der Waals surface area contributed by atoms with Gasteiger partial charge in [0.25, 0.3) is 0 Å². The maximum Gasteiger partial charge on any atom is 0.303 e. The third-order valence-electron chi connectivity index (χ3n) is 2.75. The van der Waals surface area contributed by atoms with Crippen molar-refractivity contribution >= 4 is 17.8 Å². The van der Waals surface area contributed by atoms with Crippen molar-refractivity contribution in [3.63, 3.8) is 0 Å². The minimum absolute atomic E-state index is 0. The number of hydrogen-bond donors (Lipinski definition) is 4. The smallest absolute Gasteiger partial charge is 0.303 e. The van der Waals surface area contributed by atoms with Crippen LogP contribution in [0.2, 0.25) is 0 Å². The molecular formula is C16H35N3O6. The van der Waals surface area contributed by atoms with Crippen LogP contribution < -0.4 is 16.4 Å². The van der Waals surface area contributed by atoms with E-state index in [2.05, 4.69) is 10.6 Å². The van der Waals surface area contributed by atoms with Crippen molar-refractivity contribution < 1.29 is 29.0 Å². The van der Waals surface area contributed by atoms with Crippen molar-refractivity contribution in [2.45, 2.75) is 47.1 Å². The number of rotatable bonds is 14. The Bertz CT molecular complexity index is 366. The SMILES string of the molecule is C.C.CC(=O)NC(CCC(=O)O)C(=O)NCCOCCOCCCN. The number of nitrogens with one attached hydrogen (secondary N) is 2. The van der Waals surface area contributed by atoms with E-state index in [-0.39, 0.29) is 40.1 Å². The number of nitrogens with two attached hydrogens (primary N) is 1. The lowest BCUT2D eigenvalue weighted by molar-refractivity contribution is -0.137. The summed E-state index contributed by atoms with van der Waals surface area (Å²) in [5.74, 6) is -1.84. The standard InChI is InChI=1S/C14H27N3O6.2CH4/c1-11(18)17-12(3-4-13(19)20)14(21)16-6-8-23-10-9-22-7-2-5-15;;/h12H,2-10,15H2,1H3,(H,16,21)(H,17,18)(H,19,20);2*1H4. The van der Waals surface area contributed by atoms with E-state index in [1.807, 2.05) is 0 Å². The molecule has 0 saturated heterocycles. The van der Waals surface area contributed by atoms with Crippen LogP contribution >= 0.6 is 0 Å². The Labute approximate surface area is 150 Å². The lowest BCUT2D eigenvalue weighted by atomic mass is 10.1. The quantitative estimate of drug-likeness (QED) is 0.321. The summed E-state index contributed by atoms with van der Waals surface area (Å²) >= 11 is 0. The van der Waals surface area contributed by atoms with Crippen LogP contribution in [-0.4, -0.2) is 68.4 Å². The van der Waals surface area contributed by atoms with E-state index in [4.69, 9.17) is 20.3 Å². The number of ether oxygens (including phenoxy) is 2. The second-order valence-corrected chi connectivity index (χ2v) is 4.84. The molecule has 0 aromatic rings. The fourth-order valence-corrected chi connectivity index (χ4v) is 1.66. The summed E-state index contributed by atoms with van der Waals surface area (Å²) in [5, 5.41) is 13.7. The lowest BCUT2D eigenvalue weighted by Gasteiger charge is -2.16. The fourth-order valence-electron chi connectivity index (χ4n) is 1.66. The van der Waals surface area contributed by atoms with Gasteiger partial charge in [-0.25, -0.2) is 0 Å². The van der Waals surface area contributed by atoms with Gasteiger partial charge in [-0.2, -0.15) is 0 Å². The second-order valence-electron chi connectivity index (χ2n) is 4.84. The molecule has 0 rings (SSSR count). The van der Waals surface area contributed by atoms with Crippen molar-refractivity contribution in [3.8, 4) is 0 Å². The molecule has 1 unspecified atom stereocenters. The molecule has 0 aliphatic rings. The number of carboxylic acids is 1. The average Bonchev–Trinajstić information content (AvgIpc) is 2.49. The highest BCUT2D eigenvalue weighted by molar-refractivity contribution is 5.87. The summed E-state index contributed by atoms with van der Waals surface area (Å²) in [7, 11) is 0. The van der Waals surface area contributed by atoms with E-state index >= 15 is 0 Å². The highest BCUT2D eigenvalue weighted by atomic mass is 16.5. The predicted octanol–water partition coefficient (Wildman–Crippen LogP) is 0.126. The van der Waals surface area contributed by atoms with Gasteiger partial charge in [-0.1, -0.05) is 14.9 Å². The molecule has 0 bridgehead atoms. The molecule has 0 fully saturated rings. The Hall–Kier alpha value is -1.71. The van der Waals surface area contributed by atoms with Crippen LogP contribution in [-0.2, 0) is 23.9 Å². The van der Waals surface area contributed by atoms with E-state index in [1.165, 1.54) is 6.92 Å². The number of aliphatic carboxylic acids is 1. The number of carboxylic acid groups (broad SMARTS) is 1. The highest BCUT2D eigenvalue weighted by Crippen LogP contribution is 1.98. The van der Waals surface area contributed by atoms with Crippen LogP contribution in [0.4, 0.5) is 0 Å². The van der Waals surface area contributed by atoms with Crippen LogP contribution in [0.25, 0.3) is 0 Å². The molecule has 0 heterocycles. The zero-order valence-electron chi connectivity index (χ0n) is 13.5. The first-order valence-corrected chi connectivity index (χ1v) is 7.59. The molecule has 150 valence electrons. The Morgan fingerprint density at radius 3 is 2.20 bits per heavy atom. The minimum Gasteiger partial charge on any atom is -0.481 e. The summed E-state index contributed by atoms with van der Waals surface area (Å²) in [4.78, 5) is 33.5. The van der Waals surface area contributed by atoms with Crippen molar-refractivity contribution in [1.82, 2.24) is 10.6 Å². The van der Waals surface area contributed by atoms with Gasteiger partial charge < -0.3 is 30.9 Å². The van der Waals surface area contributed by atoms with E-state index in [1.54, 1.807) is 0 Å². The Kier molecular flexibility index (Phi) is 20.9. The van der Waals surface area contributed by atoms with Crippen molar-refractivity contribution in [2.75, 3.05) is 39.5 Å². The highest BCUT2D eigenvalue weighted by Gasteiger charge is 2.19. The van der Waals surface area contributed by atoms with E-state index < -0.39 is 17.9 Å². The molecule has 0 aliphatic heterocycles. The maximum absolute atomic E-state index is 11.9. The second kappa shape index (κ2) is 18.6. The zero-order chi connectivity index (χ0) is 17.5.